The van der Waals surface area contributed by atoms with Crippen LogP contribution in [0.2, 0.25) is 0 Å². The molecule has 0 fully saturated rings. The lowest BCUT2D eigenvalue weighted by atomic mass is 10.1. The molecule has 0 rings (SSSR count). The molecule has 0 radical (unpaired) electrons. The Bertz CT molecular complexity index is 153. The Morgan fingerprint density at radius 1 is 1.07 bits per heavy atom. The summed E-state index contributed by atoms with van der Waals surface area (Å²) in [4.78, 5) is 11.3. The molecule has 0 bridgehead atoms. The molecule has 0 aliphatic heterocycles. The predicted molar refractivity (Wildman–Crippen MR) is 64.1 cm³/mol. The van der Waals surface area contributed by atoms with E-state index in [1.807, 2.05) is 13.8 Å². The molecule has 0 N–H and O–H groups in total. The monoisotopic (exact) mass is 214 g/mol. The Hall–Kier alpha value is -0.370. The van der Waals surface area contributed by atoms with E-state index in [1.165, 1.54) is 32.1 Å². The summed E-state index contributed by atoms with van der Waals surface area (Å²) in [5, 5.41) is 0. The van der Waals surface area contributed by atoms with Crippen LogP contribution >= 0.6 is 0 Å². The number of rotatable bonds is 10. The molecule has 90 valence electrons. The molecule has 0 amide bonds. The zero-order valence-electron chi connectivity index (χ0n) is 10.6. The highest BCUT2D eigenvalue weighted by Crippen LogP contribution is 2.07. The highest BCUT2D eigenvalue weighted by molar-refractivity contribution is 5.79. The van der Waals surface area contributed by atoms with Crippen molar-refractivity contribution in [3.05, 3.63) is 0 Å². The van der Waals surface area contributed by atoms with Gasteiger partial charge < -0.3 is 4.74 Å². The fourth-order valence-corrected chi connectivity index (χ4v) is 1.43. The summed E-state index contributed by atoms with van der Waals surface area (Å²) in [5.74, 6) is 0.249. The van der Waals surface area contributed by atoms with Crippen molar-refractivity contribution >= 4 is 5.78 Å². The fraction of sp³-hybridized carbons (Fsp3) is 0.923. The summed E-state index contributed by atoms with van der Waals surface area (Å²) >= 11 is 0. The van der Waals surface area contributed by atoms with Gasteiger partial charge in [0, 0.05) is 6.42 Å². The van der Waals surface area contributed by atoms with Gasteiger partial charge in [0.15, 0.2) is 5.78 Å². The number of hydrogen-bond donors (Lipinski definition) is 0. The number of carbonyl (C=O) groups is 1. The molecule has 2 heteroatoms. The van der Waals surface area contributed by atoms with Crippen LogP contribution in [0.1, 0.15) is 65.7 Å². The highest BCUT2D eigenvalue weighted by Gasteiger charge is 2.03. The normalized spacial score (nSPS) is 10.9. The van der Waals surface area contributed by atoms with E-state index in [4.69, 9.17) is 4.74 Å². The van der Waals surface area contributed by atoms with E-state index in [0.29, 0.717) is 13.0 Å². The van der Waals surface area contributed by atoms with Crippen molar-refractivity contribution in [3.63, 3.8) is 0 Å². The minimum absolute atomic E-state index is 0.165. The van der Waals surface area contributed by atoms with Crippen molar-refractivity contribution in [2.24, 2.45) is 0 Å². The van der Waals surface area contributed by atoms with Crippen LogP contribution in [0.4, 0.5) is 0 Å². The summed E-state index contributed by atoms with van der Waals surface area (Å²) < 4.78 is 5.25. The van der Waals surface area contributed by atoms with Gasteiger partial charge >= 0.3 is 0 Å². The van der Waals surface area contributed by atoms with Crippen molar-refractivity contribution in [1.82, 2.24) is 0 Å². The number of ether oxygens (including phenoxy) is 1. The number of carbonyl (C=O) groups excluding carboxylic acids is 1. The SMILES string of the molecule is CCCCCCCCC(=O)COC(C)C. The van der Waals surface area contributed by atoms with Gasteiger partial charge in [0.05, 0.1) is 6.10 Å². The summed E-state index contributed by atoms with van der Waals surface area (Å²) in [6, 6.07) is 0. The van der Waals surface area contributed by atoms with Gasteiger partial charge in [-0.2, -0.15) is 0 Å². The predicted octanol–water partition coefficient (Wildman–Crippen LogP) is 3.73. The third kappa shape index (κ3) is 11.6. The Morgan fingerprint density at radius 2 is 1.67 bits per heavy atom. The number of ketones is 1. The molecular formula is C13H26O2. The molecule has 0 aromatic heterocycles. The second-order valence-corrected chi connectivity index (χ2v) is 4.42. The van der Waals surface area contributed by atoms with Crippen molar-refractivity contribution in [2.45, 2.75) is 71.8 Å². The largest absolute Gasteiger partial charge is 0.371 e. The quantitative estimate of drug-likeness (QED) is 0.518. The van der Waals surface area contributed by atoms with Crippen molar-refractivity contribution in [2.75, 3.05) is 6.61 Å². The molecular weight excluding hydrogens is 188 g/mol. The Labute approximate surface area is 94.4 Å². The topological polar surface area (TPSA) is 26.3 Å². The first-order valence-electron chi connectivity index (χ1n) is 6.30. The third-order valence-corrected chi connectivity index (χ3v) is 2.39. The summed E-state index contributed by atoms with van der Waals surface area (Å²) in [6.07, 6.45) is 8.26. The Balaban J connectivity index is 3.17. The highest BCUT2D eigenvalue weighted by atomic mass is 16.5. The Kier molecular flexibility index (Phi) is 9.91. The van der Waals surface area contributed by atoms with E-state index in [1.54, 1.807) is 0 Å². The molecule has 0 saturated carbocycles. The molecule has 0 saturated heterocycles. The van der Waals surface area contributed by atoms with Crippen LogP contribution in [0.15, 0.2) is 0 Å². The molecule has 0 aromatic rings. The van der Waals surface area contributed by atoms with Gasteiger partial charge in [-0.15, -0.1) is 0 Å². The average molecular weight is 214 g/mol. The second-order valence-electron chi connectivity index (χ2n) is 4.42. The molecule has 0 aliphatic rings. The van der Waals surface area contributed by atoms with Gasteiger partial charge in [0.25, 0.3) is 0 Å². The number of Topliss-reactive ketones (excluding diaryl/α,β-unsaturated/α-hetero) is 1. The Morgan fingerprint density at radius 3 is 2.27 bits per heavy atom. The smallest absolute Gasteiger partial charge is 0.158 e. The van der Waals surface area contributed by atoms with Gasteiger partial charge in [-0.1, -0.05) is 39.0 Å². The summed E-state index contributed by atoms with van der Waals surface area (Å²) in [6.45, 7) is 6.43. The molecule has 2 nitrogen and oxygen atoms in total. The number of hydrogen-bond acceptors (Lipinski definition) is 2. The number of unbranched alkanes of at least 4 members (excludes halogenated alkanes) is 5. The van der Waals surface area contributed by atoms with Gasteiger partial charge in [-0.05, 0) is 20.3 Å². The average Bonchev–Trinajstić information content (AvgIpc) is 2.20. The van der Waals surface area contributed by atoms with Gasteiger partial charge in [0.2, 0.25) is 0 Å². The first-order valence-corrected chi connectivity index (χ1v) is 6.30. The van der Waals surface area contributed by atoms with Crippen molar-refractivity contribution in [1.29, 1.82) is 0 Å². The van der Waals surface area contributed by atoms with Crippen LogP contribution in [-0.4, -0.2) is 18.5 Å². The van der Waals surface area contributed by atoms with Crippen LogP contribution in [-0.2, 0) is 9.53 Å². The van der Waals surface area contributed by atoms with Crippen LogP contribution < -0.4 is 0 Å². The fourth-order valence-electron chi connectivity index (χ4n) is 1.43. The van der Waals surface area contributed by atoms with E-state index in [9.17, 15) is 4.79 Å². The maximum atomic E-state index is 11.3. The van der Waals surface area contributed by atoms with Crippen LogP contribution in [0.3, 0.4) is 0 Å². The van der Waals surface area contributed by atoms with E-state index in [-0.39, 0.29) is 11.9 Å². The molecule has 0 unspecified atom stereocenters. The third-order valence-electron chi connectivity index (χ3n) is 2.39. The zero-order valence-corrected chi connectivity index (χ0v) is 10.6. The lowest BCUT2D eigenvalue weighted by Crippen LogP contribution is -2.12. The first-order chi connectivity index (χ1) is 7.16. The second kappa shape index (κ2) is 10.2. The molecule has 15 heavy (non-hydrogen) atoms. The molecule has 0 atom stereocenters. The van der Waals surface area contributed by atoms with Crippen molar-refractivity contribution in [3.8, 4) is 0 Å². The summed E-state index contributed by atoms with van der Waals surface area (Å²) in [5.41, 5.74) is 0. The van der Waals surface area contributed by atoms with E-state index in [2.05, 4.69) is 6.92 Å². The lowest BCUT2D eigenvalue weighted by Gasteiger charge is -2.06. The van der Waals surface area contributed by atoms with Crippen LogP contribution in [0, 0.1) is 0 Å². The van der Waals surface area contributed by atoms with Gasteiger partial charge in [0.1, 0.15) is 6.61 Å². The molecule has 0 aliphatic carbocycles. The van der Waals surface area contributed by atoms with Crippen LogP contribution in [0.25, 0.3) is 0 Å². The standard InChI is InChI=1S/C13H26O2/c1-4-5-6-7-8-9-10-13(14)11-15-12(2)3/h12H,4-11H2,1-3H3. The van der Waals surface area contributed by atoms with Gasteiger partial charge in [-0.3, -0.25) is 4.79 Å². The molecule has 0 spiro atoms. The zero-order chi connectivity index (χ0) is 11.5. The summed E-state index contributed by atoms with van der Waals surface area (Å²) in [7, 11) is 0. The lowest BCUT2D eigenvalue weighted by molar-refractivity contribution is -0.125. The molecule has 0 heterocycles. The minimum Gasteiger partial charge on any atom is -0.371 e. The molecule has 0 aromatic carbocycles. The van der Waals surface area contributed by atoms with E-state index in [0.717, 1.165) is 6.42 Å². The maximum absolute atomic E-state index is 11.3. The van der Waals surface area contributed by atoms with E-state index < -0.39 is 0 Å². The van der Waals surface area contributed by atoms with E-state index >= 15 is 0 Å². The first kappa shape index (κ1) is 14.6. The minimum atomic E-state index is 0.165. The van der Waals surface area contributed by atoms with Crippen LogP contribution in [0.5, 0.6) is 0 Å². The maximum Gasteiger partial charge on any atom is 0.158 e. The van der Waals surface area contributed by atoms with Gasteiger partial charge in [-0.25, -0.2) is 0 Å². The van der Waals surface area contributed by atoms with Crippen molar-refractivity contribution < 1.29 is 9.53 Å².